The molecule has 0 aliphatic rings. The van der Waals surface area contributed by atoms with Crippen LogP contribution in [0.2, 0.25) is 0 Å². The maximum Gasteiger partial charge on any atom is 0.475 e. The zero-order valence-corrected chi connectivity index (χ0v) is 11.1. The minimum Gasteiger partial charge on any atom is -0.464 e. The predicted octanol–water partition coefficient (Wildman–Crippen LogP) is 0.118. The smallest absolute Gasteiger partial charge is 0.464 e. The second-order valence-corrected chi connectivity index (χ2v) is 4.48. The summed E-state index contributed by atoms with van der Waals surface area (Å²) in [6, 6.07) is 7.43. The lowest BCUT2D eigenvalue weighted by molar-refractivity contribution is -0.125. The number of fused-ring (bicyclic) bond motifs is 1. The van der Waals surface area contributed by atoms with Crippen molar-refractivity contribution in [2.45, 2.75) is 12.4 Å². The zero-order chi connectivity index (χ0) is 14.5. The van der Waals surface area contributed by atoms with Crippen molar-refractivity contribution in [3.05, 3.63) is 36.1 Å². The Morgan fingerprint density at radius 2 is 2.20 bits per heavy atom. The van der Waals surface area contributed by atoms with Gasteiger partial charge in [-0.05, 0) is 18.1 Å². The van der Waals surface area contributed by atoms with Gasteiger partial charge in [-0.1, -0.05) is 18.2 Å². The highest BCUT2D eigenvalue weighted by atomic mass is 16.5. The average molecular weight is 277 g/mol. The Labute approximate surface area is 116 Å². The first kappa shape index (κ1) is 14.6. The van der Waals surface area contributed by atoms with Gasteiger partial charge in [0.25, 0.3) is 0 Å². The molecule has 3 N–H and O–H groups in total. The number of hydrogen-bond donors (Lipinski definition) is 3. The van der Waals surface area contributed by atoms with Crippen molar-refractivity contribution in [3.8, 4) is 0 Å². The SMILES string of the molecule is COCC(=O)NC(Cc1coc2ccccc12)B(O)O. The van der Waals surface area contributed by atoms with Gasteiger partial charge >= 0.3 is 7.12 Å². The molecule has 0 fully saturated rings. The van der Waals surface area contributed by atoms with Gasteiger partial charge in [0.1, 0.15) is 12.2 Å². The molecule has 1 amide bonds. The maximum absolute atomic E-state index is 11.5. The standard InChI is InChI=1S/C13H16BNO5/c1-19-8-13(16)15-12(14(17)18)6-9-7-20-11-5-3-2-4-10(9)11/h2-5,7,12,17-18H,6,8H2,1H3,(H,15,16). The largest absolute Gasteiger partial charge is 0.475 e. The molecule has 1 unspecified atom stereocenters. The van der Waals surface area contributed by atoms with E-state index in [4.69, 9.17) is 9.15 Å². The van der Waals surface area contributed by atoms with Gasteiger partial charge in [0.15, 0.2) is 0 Å². The molecule has 0 radical (unpaired) electrons. The molecular weight excluding hydrogens is 261 g/mol. The fourth-order valence-corrected chi connectivity index (χ4v) is 2.04. The fraction of sp³-hybridized carbons (Fsp3) is 0.308. The van der Waals surface area contributed by atoms with Crippen LogP contribution in [0.5, 0.6) is 0 Å². The first-order chi connectivity index (χ1) is 9.61. The number of rotatable bonds is 6. The van der Waals surface area contributed by atoms with Gasteiger partial charge in [-0.15, -0.1) is 0 Å². The van der Waals surface area contributed by atoms with E-state index in [0.717, 1.165) is 16.5 Å². The summed E-state index contributed by atoms with van der Waals surface area (Å²) in [6.45, 7) is -0.130. The van der Waals surface area contributed by atoms with Gasteiger partial charge in [0.05, 0.1) is 12.2 Å². The highest BCUT2D eigenvalue weighted by molar-refractivity contribution is 6.43. The Morgan fingerprint density at radius 1 is 1.45 bits per heavy atom. The quantitative estimate of drug-likeness (QED) is 0.652. The summed E-state index contributed by atoms with van der Waals surface area (Å²) in [7, 11) is -0.266. The highest BCUT2D eigenvalue weighted by Crippen LogP contribution is 2.22. The third-order valence-electron chi connectivity index (χ3n) is 2.98. The second kappa shape index (κ2) is 6.56. The summed E-state index contributed by atoms with van der Waals surface area (Å²) in [5.41, 5.74) is 1.52. The van der Waals surface area contributed by atoms with Crippen LogP contribution < -0.4 is 5.32 Å². The molecule has 20 heavy (non-hydrogen) atoms. The van der Waals surface area contributed by atoms with E-state index in [1.807, 2.05) is 24.3 Å². The molecule has 106 valence electrons. The number of benzene rings is 1. The van der Waals surface area contributed by atoms with E-state index < -0.39 is 19.0 Å². The van der Waals surface area contributed by atoms with E-state index in [1.165, 1.54) is 7.11 Å². The number of carbonyl (C=O) groups is 1. The van der Waals surface area contributed by atoms with Gasteiger partial charge in [0, 0.05) is 12.5 Å². The van der Waals surface area contributed by atoms with Crippen molar-refractivity contribution in [3.63, 3.8) is 0 Å². The molecule has 0 saturated carbocycles. The predicted molar refractivity (Wildman–Crippen MR) is 73.9 cm³/mol. The van der Waals surface area contributed by atoms with Gasteiger partial charge < -0.3 is 24.5 Å². The Morgan fingerprint density at radius 3 is 2.90 bits per heavy atom. The molecule has 0 saturated heterocycles. The van der Waals surface area contributed by atoms with Crippen LogP contribution in [0.15, 0.2) is 34.9 Å². The number of para-hydroxylation sites is 1. The minimum atomic E-state index is -1.66. The number of methoxy groups -OCH3 is 1. The number of ether oxygens (including phenoxy) is 1. The fourth-order valence-electron chi connectivity index (χ4n) is 2.04. The molecule has 0 aliphatic carbocycles. The van der Waals surface area contributed by atoms with Gasteiger partial charge in [0.2, 0.25) is 5.91 Å². The molecule has 0 aliphatic heterocycles. The van der Waals surface area contributed by atoms with Crippen molar-refractivity contribution in [2.24, 2.45) is 0 Å². The lowest BCUT2D eigenvalue weighted by Gasteiger charge is -2.17. The topological polar surface area (TPSA) is 91.9 Å². The van der Waals surface area contributed by atoms with E-state index in [-0.39, 0.29) is 13.0 Å². The van der Waals surface area contributed by atoms with Crippen LogP contribution in [0.4, 0.5) is 0 Å². The van der Waals surface area contributed by atoms with Crippen molar-refractivity contribution in [2.75, 3.05) is 13.7 Å². The number of hydrogen-bond acceptors (Lipinski definition) is 5. The average Bonchev–Trinajstić information content (AvgIpc) is 2.82. The number of furan rings is 1. The molecule has 1 heterocycles. The lowest BCUT2D eigenvalue weighted by atomic mass is 9.76. The molecule has 0 bridgehead atoms. The van der Waals surface area contributed by atoms with Crippen LogP contribution in [0.3, 0.4) is 0 Å². The van der Waals surface area contributed by atoms with Gasteiger partial charge in [-0.25, -0.2) is 0 Å². The van der Waals surface area contributed by atoms with Gasteiger partial charge in [-0.3, -0.25) is 4.79 Å². The minimum absolute atomic E-state index is 0.130. The van der Waals surface area contributed by atoms with Crippen LogP contribution in [0.25, 0.3) is 11.0 Å². The summed E-state index contributed by atoms with van der Waals surface area (Å²) in [5.74, 6) is -1.22. The summed E-state index contributed by atoms with van der Waals surface area (Å²) in [4.78, 5) is 11.5. The van der Waals surface area contributed by atoms with E-state index in [9.17, 15) is 14.8 Å². The second-order valence-electron chi connectivity index (χ2n) is 4.48. The van der Waals surface area contributed by atoms with E-state index >= 15 is 0 Å². The molecular formula is C13H16BNO5. The molecule has 1 aromatic heterocycles. The van der Waals surface area contributed by atoms with Crippen molar-refractivity contribution in [1.29, 1.82) is 0 Å². The summed E-state index contributed by atoms with van der Waals surface area (Å²) in [6.07, 6.45) is 1.81. The zero-order valence-electron chi connectivity index (χ0n) is 11.1. The lowest BCUT2D eigenvalue weighted by Crippen LogP contribution is -2.48. The van der Waals surface area contributed by atoms with Crippen molar-refractivity contribution < 1.29 is 24.0 Å². The van der Waals surface area contributed by atoms with Crippen LogP contribution in [0.1, 0.15) is 5.56 Å². The summed E-state index contributed by atoms with van der Waals surface area (Å²) < 4.78 is 10.1. The van der Waals surface area contributed by atoms with E-state index in [2.05, 4.69) is 5.32 Å². The maximum atomic E-state index is 11.5. The molecule has 0 spiro atoms. The molecule has 2 aromatic rings. The Kier molecular flexibility index (Phi) is 4.78. The molecule has 1 atom stereocenters. The van der Waals surface area contributed by atoms with Crippen LogP contribution >= 0.6 is 0 Å². The van der Waals surface area contributed by atoms with Crippen molar-refractivity contribution >= 4 is 24.0 Å². The highest BCUT2D eigenvalue weighted by Gasteiger charge is 2.26. The Bertz CT molecular complexity index is 583. The Balaban J connectivity index is 2.13. The summed E-state index contributed by atoms with van der Waals surface area (Å²) >= 11 is 0. The summed E-state index contributed by atoms with van der Waals surface area (Å²) in [5, 5.41) is 22.1. The third-order valence-corrected chi connectivity index (χ3v) is 2.98. The molecule has 7 heteroatoms. The molecule has 1 aromatic carbocycles. The number of amides is 1. The molecule has 6 nitrogen and oxygen atoms in total. The third kappa shape index (κ3) is 3.38. The number of carbonyl (C=O) groups excluding carboxylic acids is 1. The normalized spacial score (nSPS) is 12.3. The van der Waals surface area contributed by atoms with Gasteiger partial charge in [-0.2, -0.15) is 0 Å². The van der Waals surface area contributed by atoms with Crippen LogP contribution in [-0.2, 0) is 16.0 Å². The molecule has 2 rings (SSSR count). The van der Waals surface area contributed by atoms with Crippen LogP contribution in [0, 0.1) is 0 Å². The van der Waals surface area contributed by atoms with Crippen molar-refractivity contribution in [1.82, 2.24) is 5.32 Å². The first-order valence-corrected chi connectivity index (χ1v) is 6.21. The van der Waals surface area contributed by atoms with Crippen LogP contribution in [-0.4, -0.2) is 42.7 Å². The Hall–Kier alpha value is -1.83. The number of nitrogens with one attached hydrogen (secondary N) is 1. The monoisotopic (exact) mass is 277 g/mol. The first-order valence-electron chi connectivity index (χ1n) is 6.21. The van der Waals surface area contributed by atoms with E-state index in [0.29, 0.717) is 0 Å². The van der Waals surface area contributed by atoms with E-state index in [1.54, 1.807) is 6.26 Å².